The van der Waals surface area contributed by atoms with E-state index in [-0.39, 0.29) is 11.5 Å². The van der Waals surface area contributed by atoms with Crippen molar-refractivity contribution < 1.29 is 4.79 Å². The molecule has 2 aromatic rings. The molecule has 0 radical (unpaired) electrons. The second kappa shape index (κ2) is 5.10. The highest BCUT2D eigenvalue weighted by molar-refractivity contribution is 5.82. The predicted molar refractivity (Wildman–Crippen MR) is 96.7 cm³/mol. The van der Waals surface area contributed by atoms with Crippen LogP contribution in [0.15, 0.2) is 36.7 Å². The van der Waals surface area contributed by atoms with Crippen molar-refractivity contribution in [2.24, 2.45) is 11.8 Å². The highest BCUT2D eigenvalue weighted by atomic mass is 16.2. The third-order valence-corrected chi connectivity index (χ3v) is 6.33. The van der Waals surface area contributed by atoms with Crippen molar-refractivity contribution in [3.8, 4) is 5.82 Å². The number of carbonyl (C=O) groups is 1. The number of pyridine rings is 1. The van der Waals surface area contributed by atoms with Crippen LogP contribution in [0.25, 0.3) is 5.82 Å². The van der Waals surface area contributed by atoms with E-state index in [2.05, 4.69) is 57.6 Å². The molecular weight excluding hydrogens is 312 g/mol. The molecule has 4 heterocycles. The first kappa shape index (κ1) is 15.0. The lowest BCUT2D eigenvalue weighted by atomic mass is 9.89. The Balaban J connectivity index is 1.58. The Hall–Kier alpha value is -2.30. The summed E-state index contributed by atoms with van der Waals surface area (Å²) in [6.45, 7) is 6.91. The molecule has 5 heteroatoms. The summed E-state index contributed by atoms with van der Waals surface area (Å²) in [6, 6.07) is 8.47. The van der Waals surface area contributed by atoms with Crippen molar-refractivity contribution in [2.45, 2.75) is 32.2 Å². The van der Waals surface area contributed by atoms with Gasteiger partial charge in [0, 0.05) is 37.9 Å². The Morgan fingerprint density at radius 2 is 2.20 bits per heavy atom. The van der Waals surface area contributed by atoms with Gasteiger partial charge in [0.1, 0.15) is 0 Å². The monoisotopic (exact) mass is 336 g/mol. The van der Waals surface area contributed by atoms with Gasteiger partial charge in [0.2, 0.25) is 5.91 Å². The summed E-state index contributed by atoms with van der Waals surface area (Å²) in [5.41, 5.74) is 2.30. The van der Waals surface area contributed by atoms with Crippen LogP contribution in [0.2, 0.25) is 0 Å². The summed E-state index contributed by atoms with van der Waals surface area (Å²) < 4.78 is 2.22. The first-order valence-electron chi connectivity index (χ1n) is 9.35. The number of hydrogen-bond donors (Lipinski definition) is 0. The third-order valence-electron chi connectivity index (χ3n) is 6.33. The number of rotatable bonds is 2. The lowest BCUT2D eigenvalue weighted by molar-refractivity contribution is -0.132. The van der Waals surface area contributed by atoms with E-state index in [1.807, 2.05) is 12.3 Å². The fraction of sp³-hybridized carbons (Fsp3) is 0.500. The van der Waals surface area contributed by atoms with E-state index < -0.39 is 0 Å². The second-order valence-electron chi connectivity index (χ2n) is 7.71. The lowest BCUT2D eigenvalue weighted by Gasteiger charge is -2.46. The SMILES string of the molecule is CCN1c2cccnc2-n2cccc2C12CCN(C(=O)C1CC1C)C2. The topological polar surface area (TPSA) is 41.4 Å². The Morgan fingerprint density at radius 1 is 1.36 bits per heavy atom. The number of anilines is 1. The normalized spacial score (nSPS) is 29.7. The van der Waals surface area contributed by atoms with Crippen molar-refractivity contribution >= 4 is 11.6 Å². The van der Waals surface area contributed by atoms with Crippen LogP contribution in [-0.2, 0) is 10.3 Å². The minimum Gasteiger partial charge on any atom is -0.356 e. The smallest absolute Gasteiger partial charge is 0.226 e. The molecule has 2 fully saturated rings. The molecule has 3 atom stereocenters. The molecule has 0 bridgehead atoms. The molecule has 3 aliphatic rings. The minimum absolute atomic E-state index is 0.137. The molecule has 1 amide bonds. The van der Waals surface area contributed by atoms with Gasteiger partial charge in [-0.05, 0) is 49.9 Å². The number of likely N-dealkylation sites (tertiary alicyclic amines) is 1. The van der Waals surface area contributed by atoms with Crippen LogP contribution in [-0.4, -0.2) is 40.0 Å². The standard InChI is InChI=1S/C20H24N4O/c1-3-24-16-6-4-9-21-18(16)23-10-5-7-17(23)20(24)8-11-22(13-20)19(25)15-12-14(15)2/h4-7,9-10,14-15H,3,8,11-13H2,1-2H3. The molecule has 1 aliphatic carbocycles. The van der Waals surface area contributed by atoms with Gasteiger partial charge in [0.25, 0.3) is 0 Å². The van der Waals surface area contributed by atoms with Gasteiger partial charge in [-0.3, -0.25) is 4.79 Å². The van der Waals surface area contributed by atoms with Crippen molar-refractivity contribution in [3.63, 3.8) is 0 Å². The number of carbonyl (C=O) groups excluding carboxylic acids is 1. The van der Waals surface area contributed by atoms with Gasteiger partial charge in [-0.1, -0.05) is 6.92 Å². The molecule has 1 saturated carbocycles. The summed E-state index contributed by atoms with van der Waals surface area (Å²) >= 11 is 0. The Kier molecular flexibility index (Phi) is 3.06. The largest absolute Gasteiger partial charge is 0.356 e. The van der Waals surface area contributed by atoms with Crippen molar-refractivity contribution in [2.75, 3.05) is 24.5 Å². The summed E-state index contributed by atoms with van der Waals surface area (Å²) in [6.07, 6.45) is 5.99. The van der Waals surface area contributed by atoms with Crippen LogP contribution in [0.3, 0.4) is 0 Å². The zero-order chi connectivity index (χ0) is 17.2. The van der Waals surface area contributed by atoms with Gasteiger partial charge in [-0.15, -0.1) is 0 Å². The number of hydrogen-bond acceptors (Lipinski definition) is 3. The fourth-order valence-electron chi connectivity index (χ4n) is 4.88. The van der Waals surface area contributed by atoms with Gasteiger partial charge in [-0.25, -0.2) is 4.98 Å². The molecule has 5 nitrogen and oxygen atoms in total. The number of fused-ring (bicyclic) bond motifs is 4. The molecule has 2 aromatic heterocycles. The molecule has 5 rings (SSSR count). The minimum atomic E-state index is -0.137. The van der Waals surface area contributed by atoms with Crippen LogP contribution < -0.4 is 4.90 Å². The van der Waals surface area contributed by atoms with Gasteiger partial charge < -0.3 is 14.4 Å². The molecule has 1 saturated heterocycles. The maximum Gasteiger partial charge on any atom is 0.226 e. The van der Waals surface area contributed by atoms with Crippen molar-refractivity contribution in [1.82, 2.24) is 14.5 Å². The quantitative estimate of drug-likeness (QED) is 0.847. The van der Waals surface area contributed by atoms with Crippen molar-refractivity contribution in [1.29, 1.82) is 0 Å². The van der Waals surface area contributed by atoms with Gasteiger partial charge in [0.05, 0.1) is 16.9 Å². The van der Waals surface area contributed by atoms with Gasteiger partial charge >= 0.3 is 0 Å². The van der Waals surface area contributed by atoms with Crippen LogP contribution in [0.1, 0.15) is 32.4 Å². The van der Waals surface area contributed by atoms with Gasteiger partial charge in [-0.2, -0.15) is 0 Å². The average molecular weight is 336 g/mol. The highest BCUT2D eigenvalue weighted by Gasteiger charge is 2.52. The first-order chi connectivity index (χ1) is 12.2. The number of likely N-dealkylation sites (N-methyl/N-ethyl adjacent to an activating group) is 1. The highest BCUT2D eigenvalue weighted by Crippen LogP contribution is 2.48. The predicted octanol–water partition coefficient (Wildman–Crippen LogP) is 2.80. The molecule has 3 unspecified atom stereocenters. The third kappa shape index (κ3) is 1.95. The van der Waals surface area contributed by atoms with Crippen molar-refractivity contribution in [3.05, 3.63) is 42.4 Å². The summed E-state index contributed by atoms with van der Waals surface area (Å²) in [5, 5.41) is 0. The zero-order valence-corrected chi connectivity index (χ0v) is 14.9. The van der Waals surface area contributed by atoms with Crippen LogP contribution >= 0.6 is 0 Å². The van der Waals surface area contributed by atoms with Crippen LogP contribution in [0, 0.1) is 11.8 Å². The molecule has 2 aliphatic heterocycles. The molecular formula is C20H24N4O. The number of aromatic nitrogens is 2. The summed E-state index contributed by atoms with van der Waals surface area (Å²) in [4.78, 5) is 22.0. The van der Waals surface area contributed by atoms with Gasteiger partial charge in [0.15, 0.2) is 5.82 Å². The number of nitrogens with zero attached hydrogens (tertiary/aromatic N) is 4. The maximum absolute atomic E-state index is 12.8. The Morgan fingerprint density at radius 3 is 2.96 bits per heavy atom. The van der Waals surface area contributed by atoms with Crippen LogP contribution in [0.5, 0.6) is 0 Å². The average Bonchev–Trinajstić information content (AvgIpc) is 3.05. The van der Waals surface area contributed by atoms with E-state index in [1.165, 1.54) is 11.4 Å². The zero-order valence-electron chi connectivity index (χ0n) is 14.9. The lowest BCUT2D eigenvalue weighted by Crippen LogP contribution is -2.52. The summed E-state index contributed by atoms with van der Waals surface area (Å²) in [7, 11) is 0. The van der Waals surface area contributed by atoms with E-state index in [0.29, 0.717) is 11.8 Å². The van der Waals surface area contributed by atoms with E-state index in [1.54, 1.807) is 0 Å². The molecule has 0 N–H and O–H groups in total. The molecule has 1 spiro atoms. The molecule has 130 valence electrons. The van der Waals surface area contributed by atoms with E-state index in [0.717, 1.165) is 38.3 Å². The Bertz CT molecular complexity index is 844. The van der Waals surface area contributed by atoms with E-state index >= 15 is 0 Å². The molecule has 25 heavy (non-hydrogen) atoms. The molecule has 0 aromatic carbocycles. The maximum atomic E-state index is 12.8. The summed E-state index contributed by atoms with van der Waals surface area (Å²) in [5.74, 6) is 2.17. The first-order valence-corrected chi connectivity index (χ1v) is 9.35. The van der Waals surface area contributed by atoms with Crippen LogP contribution in [0.4, 0.5) is 5.69 Å². The number of amides is 1. The van der Waals surface area contributed by atoms with E-state index in [4.69, 9.17) is 0 Å². The van der Waals surface area contributed by atoms with E-state index in [9.17, 15) is 4.79 Å². The fourth-order valence-corrected chi connectivity index (χ4v) is 4.88. The second-order valence-corrected chi connectivity index (χ2v) is 7.71. The Labute approximate surface area is 148 Å².